The molecule has 0 nitrogen and oxygen atoms in total. The lowest BCUT2D eigenvalue weighted by molar-refractivity contribution is 0.153. The lowest BCUT2D eigenvalue weighted by Gasteiger charge is -2.37. The largest absolute Gasteiger partial charge is 0.0945 e. The van der Waals surface area contributed by atoms with Gasteiger partial charge in [0.05, 0.1) is 0 Å². The molecule has 0 N–H and O–H groups in total. The smallest absolute Gasteiger partial charge is 0.0245 e. The van der Waals surface area contributed by atoms with Crippen LogP contribution in [0.15, 0.2) is 24.3 Å². The third-order valence-electron chi connectivity index (χ3n) is 8.74. The van der Waals surface area contributed by atoms with Gasteiger partial charge in [-0.1, -0.05) is 108 Å². The predicted octanol–water partition coefficient (Wildman–Crippen LogP) is 10.1. The van der Waals surface area contributed by atoms with Crippen LogP contribution < -0.4 is 0 Å². The molecule has 0 atom stereocenters. The standard InChI is InChI=1S/C33H52/c1-3-5-7-9-11-13-29-20-24-32(25-21-29)33-26-22-31(23-27-33)19-18-30-16-14-28(15-17-30)12-10-8-6-4-2/h14-17,29,31-33H,3-13,20-27H2,1-2H3/t29-,31-,32-,33-. The molecule has 2 fully saturated rings. The van der Waals surface area contributed by atoms with Crippen LogP contribution in [0.2, 0.25) is 0 Å². The number of unbranched alkanes of at least 4 members (excludes halogenated alkanes) is 7. The molecule has 0 amide bonds. The molecular weight excluding hydrogens is 396 g/mol. The topological polar surface area (TPSA) is 0 Å². The van der Waals surface area contributed by atoms with Crippen molar-refractivity contribution in [1.82, 2.24) is 0 Å². The highest BCUT2D eigenvalue weighted by Crippen LogP contribution is 2.42. The second kappa shape index (κ2) is 15.6. The molecule has 33 heavy (non-hydrogen) atoms. The Morgan fingerprint density at radius 1 is 0.636 bits per heavy atom. The van der Waals surface area contributed by atoms with E-state index in [0.717, 1.165) is 17.8 Å². The van der Waals surface area contributed by atoms with Crippen molar-refractivity contribution in [3.63, 3.8) is 0 Å². The maximum Gasteiger partial charge on any atom is 0.0245 e. The summed E-state index contributed by atoms with van der Waals surface area (Å²) in [5, 5.41) is 0. The summed E-state index contributed by atoms with van der Waals surface area (Å²) in [4.78, 5) is 0. The average Bonchev–Trinajstić information content (AvgIpc) is 2.87. The highest BCUT2D eigenvalue weighted by molar-refractivity contribution is 5.36. The van der Waals surface area contributed by atoms with Crippen LogP contribution in [-0.2, 0) is 6.42 Å². The van der Waals surface area contributed by atoms with Crippen molar-refractivity contribution in [3.05, 3.63) is 35.4 Å². The first-order chi connectivity index (χ1) is 16.3. The van der Waals surface area contributed by atoms with Crippen LogP contribution in [0.3, 0.4) is 0 Å². The van der Waals surface area contributed by atoms with Crippen LogP contribution in [-0.4, -0.2) is 0 Å². The highest BCUT2D eigenvalue weighted by atomic mass is 14.4. The highest BCUT2D eigenvalue weighted by Gasteiger charge is 2.30. The fourth-order valence-corrected chi connectivity index (χ4v) is 6.42. The van der Waals surface area contributed by atoms with Gasteiger partial charge < -0.3 is 0 Å². The summed E-state index contributed by atoms with van der Waals surface area (Å²) in [6, 6.07) is 9.09. The van der Waals surface area contributed by atoms with Crippen molar-refractivity contribution < 1.29 is 0 Å². The van der Waals surface area contributed by atoms with E-state index in [2.05, 4.69) is 50.0 Å². The van der Waals surface area contributed by atoms with Crippen molar-refractivity contribution in [3.8, 4) is 11.8 Å². The van der Waals surface area contributed by atoms with E-state index < -0.39 is 0 Å². The van der Waals surface area contributed by atoms with Gasteiger partial charge in [0, 0.05) is 11.5 Å². The van der Waals surface area contributed by atoms with E-state index in [4.69, 9.17) is 0 Å². The Hall–Kier alpha value is -1.22. The first-order valence-corrected chi connectivity index (χ1v) is 14.9. The van der Waals surface area contributed by atoms with Gasteiger partial charge in [-0.15, -0.1) is 0 Å². The second-order valence-corrected chi connectivity index (χ2v) is 11.4. The monoisotopic (exact) mass is 448 g/mol. The Morgan fingerprint density at radius 3 is 1.85 bits per heavy atom. The number of hydrogen-bond donors (Lipinski definition) is 0. The van der Waals surface area contributed by atoms with Gasteiger partial charge in [-0.3, -0.25) is 0 Å². The molecule has 1 aromatic carbocycles. The van der Waals surface area contributed by atoms with Gasteiger partial charge in [-0.2, -0.15) is 0 Å². The first-order valence-electron chi connectivity index (χ1n) is 14.9. The van der Waals surface area contributed by atoms with Crippen LogP contribution in [0, 0.1) is 35.5 Å². The Labute approximate surface area is 206 Å². The normalized spacial score (nSPS) is 25.4. The fourth-order valence-electron chi connectivity index (χ4n) is 6.42. The number of rotatable bonds is 12. The molecular formula is C33H52. The molecule has 0 bridgehead atoms. The number of hydrogen-bond acceptors (Lipinski definition) is 0. The molecule has 2 saturated carbocycles. The van der Waals surface area contributed by atoms with E-state index in [9.17, 15) is 0 Å². The molecule has 0 aromatic heterocycles. The van der Waals surface area contributed by atoms with Gasteiger partial charge in [0.25, 0.3) is 0 Å². The molecule has 3 rings (SSSR count). The van der Waals surface area contributed by atoms with E-state index >= 15 is 0 Å². The number of benzene rings is 1. The van der Waals surface area contributed by atoms with E-state index in [1.54, 1.807) is 0 Å². The fraction of sp³-hybridized carbons (Fsp3) is 0.758. The van der Waals surface area contributed by atoms with Gasteiger partial charge in [0.2, 0.25) is 0 Å². The first kappa shape index (κ1) is 26.4. The molecule has 184 valence electrons. The van der Waals surface area contributed by atoms with Gasteiger partial charge >= 0.3 is 0 Å². The quantitative estimate of drug-likeness (QED) is 0.220. The summed E-state index contributed by atoms with van der Waals surface area (Å²) in [5.41, 5.74) is 2.69. The van der Waals surface area contributed by atoms with Crippen LogP contribution in [0.5, 0.6) is 0 Å². The lowest BCUT2D eigenvalue weighted by atomic mass is 9.69. The van der Waals surface area contributed by atoms with Gasteiger partial charge in [-0.25, -0.2) is 0 Å². The molecule has 1 aromatic rings. The molecule has 0 heterocycles. The van der Waals surface area contributed by atoms with E-state index in [-0.39, 0.29) is 0 Å². The van der Waals surface area contributed by atoms with Gasteiger partial charge in [-0.05, 0) is 86.8 Å². The summed E-state index contributed by atoms with van der Waals surface area (Å²) >= 11 is 0. The third-order valence-corrected chi connectivity index (χ3v) is 8.74. The second-order valence-electron chi connectivity index (χ2n) is 11.4. The van der Waals surface area contributed by atoms with Crippen molar-refractivity contribution >= 4 is 0 Å². The SMILES string of the molecule is CCCCCCC[C@H]1CC[C@H]([C@H]2CC[C@H](C#Cc3ccc(CCCCCC)cc3)CC2)CC1. The minimum absolute atomic E-state index is 0.634. The molecule has 0 spiro atoms. The van der Waals surface area contributed by atoms with Crippen molar-refractivity contribution in [2.45, 2.75) is 136 Å². The Kier molecular flexibility index (Phi) is 12.5. The zero-order valence-electron chi connectivity index (χ0n) is 22.1. The molecule has 2 aliphatic rings. The molecule has 0 saturated heterocycles. The van der Waals surface area contributed by atoms with Crippen LogP contribution in [0.25, 0.3) is 0 Å². The molecule has 2 aliphatic carbocycles. The number of aryl methyl sites for hydroxylation is 1. The van der Waals surface area contributed by atoms with E-state index in [1.165, 1.54) is 133 Å². The van der Waals surface area contributed by atoms with Crippen LogP contribution in [0.1, 0.15) is 141 Å². The zero-order valence-corrected chi connectivity index (χ0v) is 22.1. The molecule has 0 aliphatic heterocycles. The maximum atomic E-state index is 3.64. The maximum absolute atomic E-state index is 3.64. The van der Waals surface area contributed by atoms with Gasteiger partial charge in [0.15, 0.2) is 0 Å². The molecule has 0 unspecified atom stereocenters. The summed E-state index contributed by atoms with van der Waals surface area (Å²) in [6.07, 6.45) is 26.9. The summed E-state index contributed by atoms with van der Waals surface area (Å²) in [5.74, 6) is 10.8. The minimum Gasteiger partial charge on any atom is -0.0945 e. The summed E-state index contributed by atoms with van der Waals surface area (Å²) in [6.45, 7) is 4.59. The average molecular weight is 449 g/mol. The van der Waals surface area contributed by atoms with Crippen LogP contribution in [0.4, 0.5) is 0 Å². The summed E-state index contributed by atoms with van der Waals surface area (Å²) in [7, 11) is 0. The molecule has 0 radical (unpaired) electrons. The van der Waals surface area contributed by atoms with Crippen molar-refractivity contribution in [2.24, 2.45) is 23.7 Å². The Balaban J connectivity index is 1.31. The summed E-state index contributed by atoms with van der Waals surface area (Å²) < 4.78 is 0. The minimum atomic E-state index is 0.634. The Morgan fingerprint density at radius 2 is 1.21 bits per heavy atom. The molecule has 0 heteroatoms. The van der Waals surface area contributed by atoms with Crippen molar-refractivity contribution in [1.29, 1.82) is 0 Å². The van der Waals surface area contributed by atoms with Crippen molar-refractivity contribution in [2.75, 3.05) is 0 Å². The van der Waals surface area contributed by atoms with E-state index in [0.29, 0.717) is 5.92 Å². The third kappa shape index (κ3) is 9.89. The lowest BCUT2D eigenvalue weighted by Crippen LogP contribution is -2.25. The van der Waals surface area contributed by atoms with Gasteiger partial charge in [0.1, 0.15) is 0 Å². The zero-order chi connectivity index (χ0) is 23.1. The van der Waals surface area contributed by atoms with Crippen LogP contribution >= 0.6 is 0 Å². The Bertz CT molecular complexity index is 671. The van der Waals surface area contributed by atoms with E-state index in [1.807, 2.05) is 0 Å². The predicted molar refractivity (Wildman–Crippen MR) is 145 cm³/mol.